The summed E-state index contributed by atoms with van der Waals surface area (Å²) in [4.78, 5) is 13.7. The molecule has 1 rings (SSSR count). The van der Waals surface area contributed by atoms with Crippen LogP contribution in [0.5, 0.6) is 0 Å². The number of carbonyl (C=O) groups is 1. The lowest BCUT2D eigenvalue weighted by atomic mass is 10.1. The second-order valence-electron chi connectivity index (χ2n) is 4.29. The maximum absolute atomic E-state index is 12.8. The molecular weight excluding hydrogens is 217 g/mol. The molecule has 17 heavy (non-hydrogen) atoms. The Balaban J connectivity index is 2.84. The lowest BCUT2D eigenvalue weighted by Crippen LogP contribution is -2.34. The Bertz CT molecular complexity index is 417. The molecule has 0 atom stereocenters. The summed E-state index contributed by atoms with van der Waals surface area (Å²) >= 11 is 0. The zero-order valence-electron chi connectivity index (χ0n) is 10.1. The summed E-state index contributed by atoms with van der Waals surface area (Å²) in [5.41, 5.74) is 0.460. The molecule has 0 aliphatic rings. The van der Waals surface area contributed by atoms with Crippen molar-refractivity contribution in [1.82, 2.24) is 4.90 Å². The summed E-state index contributed by atoms with van der Waals surface area (Å²) in [5, 5.41) is 0. The molecule has 3 heteroatoms. The molecule has 1 amide bonds. The van der Waals surface area contributed by atoms with Crippen molar-refractivity contribution in [2.24, 2.45) is 5.92 Å². The molecule has 0 saturated heterocycles. The summed E-state index contributed by atoms with van der Waals surface area (Å²) in [6.45, 7) is 4.90. The standard InChI is InChI=1S/C14H16FNO/c1-4-9-16(10-11(2)3)14(17)12-5-7-13(15)8-6-12/h1,5-8,11H,9-10H2,2-3H3. The molecule has 0 spiro atoms. The van der Waals surface area contributed by atoms with Crippen molar-refractivity contribution >= 4 is 5.91 Å². The Kier molecular flexibility index (Phi) is 4.71. The third-order valence-corrected chi connectivity index (χ3v) is 2.25. The van der Waals surface area contributed by atoms with Crippen LogP contribution in [0, 0.1) is 24.1 Å². The van der Waals surface area contributed by atoms with E-state index < -0.39 is 0 Å². The highest BCUT2D eigenvalue weighted by molar-refractivity contribution is 5.94. The topological polar surface area (TPSA) is 20.3 Å². The molecular formula is C14H16FNO. The van der Waals surface area contributed by atoms with E-state index in [0.717, 1.165) is 0 Å². The first-order valence-electron chi connectivity index (χ1n) is 5.53. The SMILES string of the molecule is C#CCN(CC(C)C)C(=O)c1ccc(F)cc1. The van der Waals surface area contributed by atoms with Crippen LogP contribution in [0.4, 0.5) is 4.39 Å². The van der Waals surface area contributed by atoms with Gasteiger partial charge in [0.2, 0.25) is 0 Å². The van der Waals surface area contributed by atoms with Crippen LogP contribution in [0.15, 0.2) is 24.3 Å². The third-order valence-electron chi connectivity index (χ3n) is 2.25. The minimum atomic E-state index is -0.353. The largest absolute Gasteiger partial charge is 0.327 e. The molecule has 0 heterocycles. The Morgan fingerprint density at radius 3 is 2.47 bits per heavy atom. The van der Waals surface area contributed by atoms with E-state index >= 15 is 0 Å². The van der Waals surface area contributed by atoms with Crippen molar-refractivity contribution < 1.29 is 9.18 Å². The van der Waals surface area contributed by atoms with Crippen molar-refractivity contribution in [2.45, 2.75) is 13.8 Å². The first-order chi connectivity index (χ1) is 8.04. The molecule has 0 bridgehead atoms. The lowest BCUT2D eigenvalue weighted by molar-refractivity contribution is 0.0759. The van der Waals surface area contributed by atoms with Crippen LogP contribution in [0.1, 0.15) is 24.2 Å². The van der Waals surface area contributed by atoms with Crippen LogP contribution in [-0.2, 0) is 0 Å². The first kappa shape index (κ1) is 13.2. The fourth-order valence-corrected chi connectivity index (χ4v) is 1.55. The zero-order valence-corrected chi connectivity index (χ0v) is 10.1. The van der Waals surface area contributed by atoms with Crippen LogP contribution < -0.4 is 0 Å². The van der Waals surface area contributed by atoms with Crippen LogP contribution in [0.25, 0.3) is 0 Å². The summed E-state index contributed by atoms with van der Waals surface area (Å²) < 4.78 is 12.8. The number of benzene rings is 1. The van der Waals surface area contributed by atoms with Crippen molar-refractivity contribution in [3.8, 4) is 12.3 Å². The second-order valence-corrected chi connectivity index (χ2v) is 4.29. The van der Waals surface area contributed by atoms with Gasteiger partial charge in [0.05, 0.1) is 6.54 Å². The molecule has 0 N–H and O–H groups in total. The van der Waals surface area contributed by atoms with E-state index in [2.05, 4.69) is 5.92 Å². The molecule has 0 aliphatic heterocycles. The van der Waals surface area contributed by atoms with Gasteiger partial charge >= 0.3 is 0 Å². The van der Waals surface area contributed by atoms with Gasteiger partial charge in [0.25, 0.3) is 5.91 Å². The number of terminal acetylenes is 1. The van der Waals surface area contributed by atoms with Gasteiger partial charge < -0.3 is 4.90 Å². The molecule has 1 aromatic rings. The summed E-state index contributed by atoms with van der Waals surface area (Å²) in [7, 11) is 0. The van der Waals surface area contributed by atoms with E-state index in [1.165, 1.54) is 24.3 Å². The maximum Gasteiger partial charge on any atom is 0.254 e. The zero-order chi connectivity index (χ0) is 12.8. The minimum absolute atomic E-state index is 0.156. The van der Waals surface area contributed by atoms with Crippen molar-refractivity contribution in [3.63, 3.8) is 0 Å². The predicted octanol–water partition coefficient (Wildman–Crippen LogP) is 2.56. The summed E-state index contributed by atoms with van der Waals surface area (Å²) in [6, 6.07) is 5.50. The van der Waals surface area contributed by atoms with Crippen LogP contribution >= 0.6 is 0 Å². The molecule has 1 aromatic carbocycles. The maximum atomic E-state index is 12.8. The smallest absolute Gasteiger partial charge is 0.254 e. The van der Waals surface area contributed by atoms with Crippen LogP contribution in [0.2, 0.25) is 0 Å². The average Bonchev–Trinajstić information content (AvgIpc) is 2.28. The quantitative estimate of drug-likeness (QED) is 0.732. The van der Waals surface area contributed by atoms with E-state index in [-0.39, 0.29) is 18.3 Å². The summed E-state index contributed by atoms with van der Waals surface area (Å²) in [6.07, 6.45) is 5.24. The van der Waals surface area contributed by atoms with Gasteiger partial charge in [-0.25, -0.2) is 4.39 Å². The number of carbonyl (C=O) groups excluding carboxylic acids is 1. The van der Waals surface area contributed by atoms with Crippen molar-refractivity contribution in [3.05, 3.63) is 35.6 Å². The molecule has 0 saturated carbocycles. The fourth-order valence-electron chi connectivity index (χ4n) is 1.55. The second kappa shape index (κ2) is 6.05. The Morgan fingerprint density at radius 2 is 2.00 bits per heavy atom. The minimum Gasteiger partial charge on any atom is -0.327 e. The van der Waals surface area contributed by atoms with Gasteiger partial charge in [0, 0.05) is 12.1 Å². The van der Waals surface area contributed by atoms with Crippen molar-refractivity contribution in [1.29, 1.82) is 0 Å². The van der Waals surface area contributed by atoms with Gasteiger partial charge in [-0.3, -0.25) is 4.79 Å². The lowest BCUT2D eigenvalue weighted by Gasteiger charge is -2.22. The Morgan fingerprint density at radius 1 is 1.41 bits per heavy atom. The van der Waals surface area contributed by atoms with Gasteiger partial charge in [-0.05, 0) is 30.2 Å². The highest BCUT2D eigenvalue weighted by Gasteiger charge is 2.15. The van der Waals surface area contributed by atoms with E-state index in [1.54, 1.807) is 4.90 Å². The molecule has 0 unspecified atom stereocenters. The van der Waals surface area contributed by atoms with Gasteiger partial charge in [0.1, 0.15) is 5.82 Å². The average molecular weight is 233 g/mol. The van der Waals surface area contributed by atoms with E-state index in [0.29, 0.717) is 18.0 Å². The predicted molar refractivity (Wildman–Crippen MR) is 66.0 cm³/mol. The Labute approximate surface area is 101 Å². The molecule has 90 valence electrons. The van der Waals surface area contributed by atoms with Gasteiger partial charge in [-0.1, -0.05) is 19.8 Å². The highest BCUT2D eigenvalue weighted by Crippen LogP contribution is 2.08. The van der Waals surface area contributed by atoms with E-state index in [9.17, 15) is 9.18 Å². The number of amides is 1. The van der Waals surface area contributed by atoms with Crippen LogP contribution in [0.3, 0.4) is 0 Å². The normalized spacial score (nSPS) is 10.1. The van der Waals surface area contributed by atoms with Gasteiger partial charge in [-0.15, -0.1) is 6.42 Å². The fraction of sp³-hybridized carbons (Fsp3) is 0.357. The van der Waals surface area contributed by atoms with Crippen LogP contribution in [-0.4, -0.2) is 23.9 Å². The number of hydrogen-bond acceptors (Lipinski definition) is 1. The number of halogens is 1. The number of rotatable bonds is 4. The molecule has 2 nitrogen and oxygen atoms in total. The Hall–Kier alpha value is -1.82. The number of nitrogens with zero attached hydrogens (tertiary/aromatic N) is 1. The molecule has 0 radical (unpaired) electrons. The van der Waals surface area contributed by atoms with E-state index in [1.807, 2.05) is 13.8 Å². The van der Waals surface area contributed by atoms with Crippen molar-refractivity contribution in [2.75, 3.05) is 13.1 Å². The summed E-state index contributed by atoms with van der Waals surface area (Å²) in [5.74, 6) is 2.30. The number of hydrogen-bond donors (Lipinski definition) is 0. The first-order valence-corrected chi connectivity index (χ1v) is 5.53. The van der Waals surface area contributed by atoms with E-state index in [4.69, 9.17) is 6.42 Å². The highest BCUT2D eigenvalue weighted by atomic mass is 19.1. The molecule has 0 aromatic heterocycles. The monoisotopic (exact) mass is 233 g/mol. The van der Waals surface area contributed by atoms with Gasteiger partial charge in [-0.2, -0.15) is 0 Å². The molecule has 0 aliphatic carbocycles. The third kappa shape index (κ3) is 3.92. The van der Waals surface area contributed by atoms with Gasteiger partial charge in [0.15, 0.2) is 0 Å². The molecule has 0 fully saturated rings.